The highest BCUT2D eigenvalue weighted by Crippen LogP contribution is 2.32. The largest absolute Gasteiger partial charge is 0.511 e. The zero-order valence-electron chi connectivity index (χ0n) is 14.7. The number of carbonyl (C=O) groups is 1. The molecule has 8 heteroatoms. The molecule has 0 amide bonds. The summed E-state index contributed by atoms with van der Waals surface area (Å²) in [4.78, 5) is 16.2. The minimum atomic E-state index is -1.74. The van der Waals surface area contributed by atoms with Gasteiger partial charge in [0, 0.05) is 19.1 Å². The van der Waals surface area contributed by atoms with Crippen molar-refractivity contribution in [3.63, 3.8) is 0 Å². The number of Topliss-reactive ketones (excluding diaryl/α,β-unsaturated/α-hetero) is 1. The molecular formula is C19H25NO7. The van der Waals surface area contributed by atoms with Crippen LogP contribution in [0.5, 0.6) is 0 Å². The highest BCUT2D eigenvalue weighted by molar-refractivity contribution is 6.14. The fourth-order valence-electron chi connectivity index (χ4n) is 2.94. The van der Waals surface area contributed by atoms with E-state index >= 15 is 0 Å². The Hall–Kier alpha value is -2.10. The van der Waals surface area contributed by atoms with Crippen molar-refractivity contribution in [1.82, 2.24) is 0 Å². The molecule has 148 valence electrons. The van der Waals surface area contributed by atoms with Gasteiger partial charge >= 0.3 is 0 Å². The molecule has 1 aliphatic rings. The third-order valence-corrected chi connectivity index (χ3v) is 4.59. The van der Waals surface area contributed by atoms with Crippen LogP contribution in [0.25, 0.3) is 0 Å². The molecule has 5 atom stereocenters. The second kappa shape index (κ2) is 9.72. The van der Waals surface area contributed by atoms with Gasteiger partial charge in [-0.2, -0.15) is 0 Å². The lowest BCUT2D eigenvalue weighted by atomic mass is 9.83. The summed E-state index contributed by atoms with van der Waals surface area (Å²) in [5.41, 5.74) is 1.02. The normalized spacial score (nSPS) is 22.7. The van der Waals surface area contributed by atoms with E-state index in [0.717, 1.165) is 11.8 Å². The smallest absolute Gasteiger partial charge is 0.168 e. The fourth-order valence-corrected chi connectivity index (χ4v) is 2.94. The van der Waals surface area contributed by atoms with E-state index in [9.17, 15) is 30.3 Å². The van der Waals surface area contributed by atoms with Gasteiger partial charge in [-0.1, -0.05) is 30.3 Å². The van der Waals surface area contributed by atoms with Crippen molar-refractivity contribution in [2.45, 2.75) is 43.2 Å². The Bertz CT molecular complexity index is 689. The van der Waals surface area contributed by atoms with Gasteiger partial charge in [0.2, 0.25) is 0 Å². The Labute approximate surface area is 156 Å². The van der Waals surface area contributed by atoms with Crippen LogP contribution in [0.4, 0.5) is 0 Å². The molecule has 0 aliphatic heterocycles. The molecule has 1 aromatic carbocycles. The van der Waals surface area contributed by atoms with Crippen LogP contribution in [-0.4, -0.2) is 80.2 Å². The zero-order valence-corrected chi connectivity index (χ0v) is 14.7. The summed E-state index contributed by atoms with van der Waals surface area (Å²) in [6.45, 7) is -1.13. The molecule has 8 nitrogen and oxygen atoms in total. The van der Waals surface area contributed by atoms with Gasteiger partial charge in [0.1, 0.15) is 30.2 Å². The molecule has 0 spiro atoms. The number of rotatable bonds is 8. The predicted octanol–water partition coefficient (Wildman–Crippen LogP) is -0.548. The van der Waals surface area contributed by atoms with E-state index in [2.05, 4.69) is 4.99 Å². The molecule has 0 bridgehead atoms. The molecule has 0 heterocycles. The van der Waals surface area contributed by atoms with Crippen molar-refractivity contribution >= 4 is 12.0 Å². The van der Waals surface area contributed by atoms with Crippen LogP contribution in [-0.2, 0) is 4.79 Å². The summed E-state index contributed by atoms with van der Waals surface area (Å²) < 4.78 is 0. The molecule has 6 N–H and O–H groups in total. The molecule has 0 saturated carbocycles. The number of aliphatic hydroxyl groups excluding tert-OH is 6. The lowest BCUT2D eigenvalue weighted by molar-refractivity contribution is -0.116. The van der Waals surface area contributed by atoms with E-state index in [1.807, 2.05) is 30.3 Å². The first kappa shape index (κ1) is 21.2. The van der Waals surface area contributed by atoms with Crippen molar-refractivity contribution in [3.05, 3.63) is 47.2 Å². The Balaban J connectivity index is 1.99. The van der Waals surface area contributed by atoms with Crippen LogP contribution in [0.2, 0.25) is 0 Å². The molecular weight excluding hydrogens is 354 g/mol. The van der Waals surface area contributed by atoms with Crippen LogP contribution in [0, 0.1) is 0 Å². The van der Waals surface area contributed by atoms with E-state index in [-0.39, 0.29) is 36.0 Å². The van der Waals surface area contributed by atoms with Crippen LogP contribution >= 0.6 is 0 Å². The quantitative estimate of drug-likeness (QED) is 0.332. The van der Waals surface area contributed by atoms with Gasteiger partial charge in [-0.3, -0.25) is 9.79 Å². The highest BCUT2D eigenvalue weighted by Gasteiger charge is 2.30. The van der Waals surface area contributed by atoms with Gasteiger partial charge < -0.3 is 30.6 Å². The maximum Gasteiger partial charge on any atom is 0.168 e. The van der Waals surface area contributed by atoms with Crippen LogP contribution < -0.4 is 0 Å². The topological polar surface area (TPSA) is 151 Å². The number of aliphatic imine (C=N–C) groups is 1. The summed E-state index contributed by atoms with van der Waals surface area (Å²) >= 11 is 0. The number of hydrogen-bond acceptors (Lipinski definition) is 8. The number of hydrogen-bond donors (Lipinski definition) is 6. The number of carbonyl (C=O) groups excluding carboxylic acids is 1. The number of allylic oxidation sites excluding steroid dienone is 2. The third kappa shape index (κ3) is 5.44. The summed E-state index contributed by atoms with van der Waals surface area (Å²) in [6.07, 6.45) is -4.92. The molecule has 0 saturated heterocycles. The fraction of sp³-hybridized carbons (Fsp3) is 0.474. The minimum Gasteiger partial charge on any atom is -0.511 e. The second-order valence-electron chi connectivity index (χ2n) is 6.59. The summed E-state index contributed by atoms with van der Waals surface area (Å²) in [7, 11) is 0. The van der Waals surface area contributed by atoms with E-state index in [4.69, 9.17) is 5.11 Å². The van der Waals surface area contributed by atoms with Crippen LogP contribution in [0.15, 0.2) is 46.7 Å². The highest BCUT2D eigenvalue weighted by atomic mass is 16.4. The van der Waals surface area contributed by atoms with Crippen LogP contribution in [0.1, 0.15) is 24.3 Å². The number of nitrogens with zero attached hydrogens (tertiary/aromatic N) is 1. The molecule has 0 radical (unpaired) electrons. The monoisotopic (exact) mass is 379 g/mol. The van der Waals surface area contributed by atoms with Crippen molar-refractivity contribution in [1.29, 1.82) is 0 Å². The number of aliphatic hydroxyl groups is 6. The average molecular weight is 379 g/mol. The SMILES string of the molecule is O=C1CC(c2ccccc2)CC(O)=C1C=NCC(O)C(O)C(O)C(O)CO. The summed E-state index contributed by atoms with van der Waals surface area (Å²) in [6, 6.07) is 9.40. The lowest BCUT2D eigenvalue weighted by Gasteiger charge is -2.25. The number of benzene rings is 1. The average Bonchev–Trinajstić information content (AvgIpc) is 2.68. The zero-order chi connectivity index (χ0) is 20.0. The Morgan fingerprint density at radius 3 is 2.26 bits per heavy atom. The minimum absolute atomic E-state index is 0.0554. The van der Waals surface area contributed by atoms with E-state index < -0.39 is 31.0 Å². The first-order valence-electron chi connectivity index (χ1n) is 8.68. The van der Waals surface area contributed by atoms with Crippen LogP contribution in [0.3, 0.4) is 0 Å². The molecule has 5 unspecified atom stereocenters. The van der Waals surface area contributed by atoms with E-state index in [1.54, 1.807) is 0 Å². The van der Waals surface area contributed by atoms with Crippen molar-refractivity contribution < 1.29 is 35.4 Å². The molecule has 0 aromatic heterocycles. The van der Waals surface area contributed by atoms with E-state index in [1.165, 1.54) is 0 Å². The van der Waals surface area contributed by atoms with Gasteiger partial charge in [-0.25, -0.2) is 0 Å². The second-order valence-corrected chi connectivity index (χ2v) is 6.59. The molecule has 27 heavy (non-hydrogen) atoms. The van der Waals surface area contributed by atoms with Gasteiger partial charge in [-0.15, -0.1) is 0 Å². The first-order chi connectivity index (χ1) is 12.8. The molecule has 0 fully saturated rings. The standard InChI is InChI=1S/C19H25NO7/c21-10-17(25)19(27)18(26)16(24)9-20-8-13-14(22)6-12(7-15(13)23)11-4-2-1-3-5-11/h1-5,8,12,16-19,21-22,24-27H,6-7,9-10H2. The lowest BCUT2D eigenvalue weighted by Crippen LogP contribution is -2.46. The molecule has 1 aromatic rings. The van der Waals surface area contributed by atoms with E-state index in [0.29, 0.717) is 6.42 Å². The Morgan fingerprint density at radius 1 is 1.04 bits per heavy atom. The molecule has 2 rings (SSSR count). The number of ketones is 1. The van der Waals surface area contributed by atoms with Gasteiger partial charge in [-0.05, 0) is 11.5 Å². The van der Waals surface area contributed by atoms with Gasteiger partial charge in [0.15, 0.2) is 5.78 Å². The Kier molecular flexibility index (Phi) is 7.64. The van der Waals surface area contributed by atoms with Gasteiger partial charge in [0.25, 0.3) is 0 Å². The van der Waals surface area contributed by atoms with Gasteiger partial charge in [0.05, 0.1) is 18.7 Å². The third-order valence-electron chi connectivity index (χ3n) is 4.59. The molecule has 1 aliphatic carbocycles. The maximum absolute atomic E-state index is 12.3. The van der Waals surface area contributed by atoms with Crippen molar-refractivity contribution in [2.75, 3.05) is 13.2 Å². The summed E-state index contributed by atoms with van der Waals surface area (Å²) in [5, 5.41) is 57.3. The predicted molar refractivity (Wildman–Crippen MR) is 97.6 cm³/mol. The summed E-state index contributed by atoms with van der Waals surface area (Å²) in [5.74, 6) is -0.477. The maximum atomic E-state index is 12.3. The first-order valence-corrected chi connectivity index (χ1v) is 8.68. The van der Waals surface area contributed by atoms with Crippen molar-refractivity contribution in [2.24, 2.45) is 4.99 Å². The Morgan fingerprint density at radius 2 is 1.67 bits per heavy atom. The van der Waals surface area contributed by atoms with Crippen molar-refractivity contribution in [3.8, 4) is 0 Å².